The van der Waals surface area contributed by atoms with Crippen LogP contribution in [0, 0.1) is 0 Å². The minimum atomic E-state index is -1.01. The highest BCUT2D eigenvalue weighted by atomic mass is 35.5. The van der Waals surface area contributed by atoms with Gasteiger partial charge < -0.3 is 10.2 Å². The van der Waals surface area contributed by atoms with Gasteiger partial charge in [0, 0.05) is 0 Å². The number of hydrogen-bond donors (Lipinski definition) is 2. The van der Waals surface area contributed by atoms with Crippen LogP contribution in [0.25, 0.3) is 0 Å². The Balaban J connectivity index is 3.14. The zero-order valence-corrected chi connectivity index (χ0v) is 5.02. The van der Waals surface area contributed by atoms with Crippen LogP contribution >= 0.6 is 23.2 Å². The Labute approximate surface area is 51.7 Å². The van der Waals surface area contributed by atoms with Gasteiger partial charge in [-0.25, -0.2) is 0 Å². The van der Waals surface area contributed by atoms with Crippen LogP contribution in [-0.4, -0.2) is 27.8 Å². The Morgan fingerprint density at radius 1 is 1.43 bits per heavy atom. The van der Waals surface area contributed by atoms with Gasteiger partial charge in [0.1, 0.15) is 10.9 Å². The van der Waals surface area contributed by atoms with E-state index in [-0.39, 0.29) is 0 Å². The van der Waals surface area contributed by atoms with E-state index in [1.54, 1.807) is 0 Å². The molecule has 0 saturated carbocycles. The van der Waals surface area contributed by atoms with Crippen molar-refractivity contribution in [2.75, 3.05) is 6.61 Å². The fourth-order valence-corrected chi connectivity index (χ4v) is 0.239. The average Bonchev–Trinajstić information content (AvgIpc) is 1.65. The molecule has 0 heterocycles. The molecule has 0 radical (unpaired) electrons. The second-order valence-corrected chi connectivity index (χ2v) is 2.25. The smallest absolute Gasteiger partial charge is 0.135 e. The number of hydrogen-bond acceptors (Lipinski definition) is 2. The first-order valence-corrected chi connectivity index (χ1v) is 2.63. The van der Waals surface area contributed by atoms with Gasteiger partial charge in [-0.1, -0.05) is 0 Å². The van der Waals surface area contributed by atoms with Crippen molar-refractivity contribution in [2.24, 2.45) is 0 Å². The molecule has 0 saturated heterocycles. The second-order valence-electron chi connectivity index (χ2n) is 1.08. The molecule has 0 unspecified atom stereocenters. The van der Waals surface area contributed by atoms with Crippen LogP contribution in [0.3, 0.4) is 0 Å². The molecular weight excluding hydrogens is 139 g/mol. The maximum atomic E-state index is 8.42. The molecule has 0 fully saturated rings. The number of aliphatic hydroxyl groups is 2. The third kappa shape index (κ3) is 3.12. The van der Waals surface area contributed by atoms with E-state index in [1.807, 2.05) is 0 Å². The molecule has 0 aliphatic carbocycles. The molecule has 0 aromatic rings. The van der Waals surface area contributed by atoms with Crippen molar-refractivity contribution in [2.45, 2.75) is 10.9 Å². The summed E-state index contributed by atoms with van der Waals surface area (Å²) in [7, 11) is 0. The maximum Gasteiger partial charge on any atom is 0.135 e. The summed E-state index contributed by atoms with van der Waals surface area (Å²) < 4.78 is 0. The first kappa shape index (κ1) is 7.50. The van der Waals surface area contributed by atoms with Gasteiger partial charge in [0.05, 0.1) is 6.61 Å². The van der Waals surface area contributed by atoms with E-state index in [2.05, 4.69) is 0 Å². The first-order valence-electron chi connectivity index (χ1n) is 1.75. The predicted octanol–water partition coefficient (Wildman–Crippen LogP) is 0.143. The Morgan fingerprint density at radius 3 is 1.86 bits per heavy atom. The molecule has 0 aliphatic rings. The average molecular weight is 145 g/mol. The SMILES string of the molecule is OC[C@@H](O)C(Cl)Cl. The second kappa shape index (κ2) is 3.50. The summed E-state index contributed by atoms with van der Waals surface area (Å²) in [5.74, 6) is 0. The van der Waals surface area contributed by atoms with Gasteiger partial charge in [0.15, 0.2) is 0 Å². The van der Waals surface area contributed by atoms with Crippen LogP contribution in [0.5, 0.6) is 0 Å². The number of rotatable bonds is 2. The monoisotopic (exact) mass is 144 g/mol. The third-order valence-corrected chi connectivity index (χ3v) is 1.06. The van der Waals surface area contributed by atoms with E-state index in [0.29, 0.717) is 0 Å². The Kier molecular flexibility index (Phi) is 3.75. The molecule has 0 amide bonds. The van der Waals surface area contributed by atoms with E-state index in [1.165, 1.54) is 0 Å². The molecule has 0 spiro atoms. The minimum Gasteiger partial charge on any atom is -0.394 e. The first-order chi connectivity index (χ1) is 3.18. The lowest BCUT2D eigenvalue weighted by Gasteiger charge is -2.04. The van der Waals surface area contributed by atoms with E-state index < -0.39 is 17.5 Å². The lowest BCUT2D eigenvalue weighted by molar-refractivity contribution is 0.105. The standard InChI is InChI=1S/C3H6Cl2O2/c4-3(5)2(7)1-6/h2-3,6-7H,1H2/t2-/m1/s1. The molecule has 7 heavy (non-hydrogen) atoms. The molecule has 0 aliphatic heterocycles. The van der Waals surface area contributed by atoms with Gasteiger partial charge in [-0.05, 0) is 0 Å². The third-order valence-electron chi connectivity index (χ3n) is 0.478. The van der Waals surface area contributed by atoms with Crippen molar-refractivity contribution in [3.63, 3.8) is 0 Å². The van der Waals surface area contributed by atoms with Gasteiger partial charge in [0.25, 0.3) is 0 Å². The zero-order valence-electron chi connectivity index (χ0n) is 3.51. The number of alkyl halides is 2. The van der Waals surface area contributed by atoms with Gasteiger partial charge in [-0.15, -0.1) is 23.2 Å². The molecule has 44 valence electrons. The summed E-state index contributed by atoms with van der Waals surface area (Å²) in [6, 6.07) is 0. The molecule has 0 rings (SSSR count). The largest absolute Gasteiger partial charge is 0.394 e. The fourth-order valence-electron chi connectivity index (χ4n) is 0.0797. The number of halogens is 2. The summed E-state index contributed by atoms with van der Waals surface area (Å²) in [6.45, 7) is -0.391. The molecule has 0 aromatic heterocycles. The summed E-state index contributed by atoms with van der Waals surface area (Å²) in [6.07, 6.45) is -1.01. The molecule has 4 heteroatoms. The predicted molar refractivity (Wildman–Crippen MR) is 28.6 cm³/mol. The molecule has 1 atom stereocenters. The maximum absolute atomic E-state index is 8.42. The van der Waals surface area contributed by atoms with Crippen molar-refractivity contribution >= 4 is 23.2 Å². The molecule has 0 aromatic carbocycles. The van der Waals surface area contributed by atoms with Crippen LogP contribution < -0.4 is 0 Å². The van der Waals surface area contributed by atoms with Crippen LogP contribution in [0.15, 0.2) is 0 Å². The molecular formula is C3H6Cl2O2. The summed E-state index contributed by atoms with van der Waals surface area (Å²) in [4.78, 5) is -0.884. The minimum absolute atomic E-state index is 0.391. The highest BCUT2D eigenvalue weighted by Crippen LogP contribution is 2.05. The Morgan fingerprint density at radius 2 is 1.86 bits per heavy atom. The van der Waals surface area contributed by atoms with Crippen molar-refractivity contribution in [1.82, 2.24) is 0 Å². The van der Waals surface area contributed by atoms with Gasteiger partial charge in [0.2, 0.25) is 0 Å². The lowest BCUT2D eigenvalue weighted by Crippen LogP contribution is -2.19. The van der Waals surface area contributed by atoms with E-state index in [0.717, 1.165) is 0 Å². The van der Waals surface area contributed by atoms with Crippen LogP contribution in [0.2, 0.25) is 0 Å². The van der Waals surface area contributed by atoms with Gasteiger partial charge in [-0.3, -0.25) is 0 Å². The van der Waals surface area contributed by atoms with Gasteiger partial charge in [-0.2, -0.15) is 0 Å². The molecule has 2 N–H and O–H groups in total. The topological polar surface area (TPSA) is 40.5 Å². The molecule has 0 bridgehead atoms. The van der Waals surface area contributed by atoms with Crippen LogP contribution in [0.1, 0.15) is 0 Å². The summed E-state index contributed by atoms with van der Waals surface area (Å²) in [5, 5.41) is 16.5. The normalized spacial score (nSPS) is 15.0. The van der Waals surface area contributed by atoms with E-state index in [9.17, 15) is 0 Å². The Bertz CT molecular complexity index is 48.2. The van der Waals surface area contributed by atoms with Crippen molar-refractivity contribution in [1.29, 1.82) is 0 Å². The zero-order chi connectivity index (χ0) is 5.86. The summed E-state index contributed by atoms with van der Waals surface area (Å²) >= 11 is 10.2. The summed E-state index contributed by atoms with van der Waals surface area (Å²) in [5.41, 5.74) is 0. The van der Waals surface area contributed by atoms with E-state index in [4.69, 9.17) is 33.4 Å². The van der Waals surface area contributed by atoms with Crippen LogP contribution in [-0.2, 0) is 0 Å². The van der Waals surface area contributed by atoms with Crippen molar-refractivity contribution < 1.29 is 10.2 Å². The highest BCUT2D eigenvalue weighted by molar-refractivity contribution is 6.44. The lowest BCUT2D eigenvalue weighted by atomic mass is 10.4. The van der Waals surface area contributed by atoms with Gasteiger partial charge >= 0.3 is 0 Å². The van der Waals surface area contributed by atoms with E-state index >= 15 is 0 Å². The fraction of sp³-hybridized carbons (Fsp3) is 1.00. The number of aliphatic hydroxyl groups excluding tert-OH is 2. The van der Waals surface area contributed by atoms with Crippen molar-refractivity contribution in [3.8, 4) is 0 Å². The molecule has 2 nitrogen and oxygen atoms in total. The highest BCUT2D eigenvalue weighted by Gasteiger charge is 2.09. The quantitative estimate of drug-likeness (QED) is 0.542. The van der Waals surface area contributed by atoms with Crippen molar-refractivity contribution in [3.05, 3.63) is 0 Å². The Hall–Kier alpha value is 0.500. The van der Waals surface area contributed by atoms with Crippen LogP contribution in [0.4, 0.5) is 0 Å².